The molecule has 0 bridgehead atoms. The summed E-state index contributed by atoms with van der Waals surface area (Å²) >= 11 is 1.48. The first-order valence-corrected chi connectivity index (χ1v) is 9.55. The summed E-state index contributed by atoms with van der Waals surface area (Å²) in [5.41, 5.74) is 6.56. The van der Waals surface area contributed by atoms with Gasteiger partial charge in [-0.3, -0.25) is 9.79 Å². The number of benzene rings is 2. The van der Waals surface area contributed by atoms with Crippen molar-refractivity contribution in [1.82, 2.24) is 4.90 Å². The van der Waals surface area contributed by atoms with Crippen molar-refractivity contribution in [2.45, 2.75) is 20.8 Å². The number of thioether (sulfide) groups is 1. The first-order valence-electron chi connectivity index (χ1n) is 8.73. The van der Waals surface area contributed by atoms with Gasteiger partial charge in [0.05, 0.1) is 12.2 Å². The minimum Gasteiger partial charge on any atom is -0.321 e. The number of amidine groups is 1. The van der Waals surface area contributed by atoms with Gasteiger partial charge in [0.25, 0.3) is 5.91 Å². The molecule has 4 nitrogen and oxygen atoms in total. The molecule has 0 aliphatic carbocycles. The van der Waals surface area contributed by atoms with E-state index in [0.29, 0.717) is 0 Å². The first kappa shape index (κ1) is 19.5. The van der Waals surface area contributed by atoms with Gasteiger partial charge in [-0.2, -0.15) is 0 Å². The highest BCUT2D eigenvalue weighted by molar-refractivity contribution is 8.18. The topological polar surface area (TPSA) is 44.7 Å². The van der Waals surface area contributed by atoms with Crippen molar-refractivity contribution < 1.29 is 4.79 Å². The number of aryl methyl sites for hydroxylation is 3. The SMILES string of the molecule is Cc1cc(C)c(C2=C(C(=O)Nc3ccccc3)SC3=NCCN32)c(C)c1.Cl. The molecule has 0 atom stereocenters. The number of rotatable bonds is 3. The van der Waals surface area contributed by atoms with Crippen LogP contribution in [0.4, 0.5) is 5.69 Å². The summed E-state index contributed by atoms with van der Waals surface area (Å²) < 4.78 is 0. The smallest absolute Gasteiger partial charge is 0.264 e. The average molecular weight is 400 g/mol. The number of hydrogen-bond donors (Lipinski definition) is 1. The van der Waals surface area contributed by atoms with Gasteiger partial charge in [-0.05, 0) is 55.8 Å². The van der Waals surface area contributed by atoms with Gasteiger partial charge < -0.3 is 10.2 Å². The van der Waals surface area contributed by atoms with E-state index in [1.165, 1.54) is 28.5 Å². The average Bonchev–Trinajstić information content (AvgIpc) is 3.17. The van der Waals surface area contributed by atoms with Crippen molar-refractivity contribution in [3.63, 3.8) is 0 Å². The third kappa shape index (κ3) is 3.62. The quantitative estimate of drug-likeness (QED) is 0.809. The van der Waals surface area contributed by atoms with E-state index >= 15 is 0 Å². The molecule has 2 aliphatic heterocycles. The second-order valence-corrected chi connectivity index (χ2v) is 7.67. The van der Waals surface area contributed by atoms with Crippen molar-refractivity contribution in [2.24, 2.45) is 4.99 Å². The maximum Gasteiger partial charge on any atom is 0.264 e. The van der Waals surface area contributed by atoms with Gasteiger partial charge in [0.2, 0.25) is 0 Å². The number of hydrogen-bond acceptors (Lipinski definition) is 4. The second kappa shape index (κ2) is 7.79. The molecule has 0 spiro atoms. The zero-order valence-electron chi connectivity index (χ0n) is 15.6. The minimum absolute atomic E-state index is 0. The summed E-state index contributed by atoms with van der Waals surface area (Å²) in [6.45, 7) is 7.94. The molecule has 1 amide bonds. The maximum atomic E-state index is 13.0. The molecule has 4 rings (SSSR count). The molecule has 0 radical (unpaired) electrons. The lowest BCUT2D eigenvalue weighted by Crippen LogP contribution is -2.22. The van der Waals surface area contributed by atoms with E-state index in [0.717, 1.165) is 40.1 Å². The second-order valence-electron chi connectivity index (χ2n) is 6.69. The van der Waals surface area contributed by atoms with E-state index in [9.17, 15) is 4.79 Å². The fourth-order valence-electron chi connectivity index (χ4n) is 3.65. The molecule has 6 heteroatoms. The maximum absolute atomic E-state index is 13.0. The van der Waals surface area contributed by atoms with Crippen molar-refractivity contribution >= 4 is 46.6 Å². The monoisotopic (exact) mass is 399 g/mol. The molecule has 2 aromatic rings. The van der Waals surface area contributed by atoms with Crippen LogP contribution < -0.4 is 5.32 Å². The lowest BCUT2D eigenvalue weighted by molar-refractivity contribution is -0.112. The number of aliphatic imine (C=N–C) groups is 1. The van der Waals surface area contributed by atoms with Crippen LogP contribution in [0.25, 0.3) is 5.70 Å². The molecule has 27 heavy (non-hydrogen) atoms. The summed E-state index contributed by atoms with van der Waals surface area (Å²) in [6, 6.07) is 13.9. The zero-order chi connectivity index (χ0) is 18.3. The highest BCUT2D eigenvalue weighted by Gasteiger charge is 2.37. The number of fused-ring (bicyclic) bond motifs is 1. The molecule has 2 aromatic carbocycles. The molecule has 0 unspecified atom stereocenters. The van der Waals surface area contributed by atoms with E-state index < -0.39 is 0 Å². The van der Waals surface area contributed by atoms with Crippen LogP contribution in [-0.4, -0.2) is 29.1 Å². The molecule has 140 valence electrons. The van der Waals surface area contributed by atoms with Crippen LogP contribution in [0, 0.1) is 20.8 Å². The molecule has 1 N–H and O–H groups in total. The van der Waals surface area contributed by atoms with Crippen molar-refractivity contribution in [3.05, 3.63) is 69.6 Å². The highest BCUT2D eigenvalue weighted by atomic mass is 35.5. The molecule has 0 aromatic heterocycles. The van der Waals surface area contributed by atoms with Gasteiger partial charge in [0.1, 0.15) is 4.91 Å². The number of halogens is 1. The van der Waals surface area contributed by atoms with E-state index in [1.807, 2.05) is 30.3 Å². The van der Waals surface area contributed by atoms with Crippen LogP contribution >= 0.6 is 24.2 Å². The van der Waals surface area contributed by atoms with Gasteiger partial charge in [-0.15, -0.1) is 12.4 Å². The van der Waals surface area contributed by atoms with Crippen LogP contribution in [0.15, 0.2) is 52.4 Å². The van der Waals surface area contributed by atoms with Gasteiger partial charge in [0.15, 0.2) is 5.17 Å². The Morgan fingerprint density at radius 2 is 1.78 bits per heavy atom. The Morgan fingerprint density at radius 3 is 2.44 bits per heavy atom. The molecular formula is C21H22ClN3OS. The number of carbonyl (C=O) groups is 1. The number of nitrogens with zero attached hydrogens (tertiary/aromatic N) is 2. The normalized spacial score (nSPS) is 15.4. The molecule has 0 saturated heterocycles. The Labute approximate surface area is 170 Å². The summed E-state index contributed by atoms with van der Waals surface area (Å²) in [6.07, 6.45) is 0. The minimum atomic E-state index is -0.0762. The largest absolute Gasteiger partial charge is 0.321 e. The van der Waals surface area contributed by atoms with Crippen molar-refractivity contribution in [1.29, 1.82) is 0 Å². The van der Waals surface area contributed by atoms with E-state index in [2.05, 4.69) is 48.1 Å². The number of para-hydroxylation sites is 1. The van der Waals surface area contributed by atoms with Crippen LogP contribution in [0.2, 0.25) is 0 Å². The Kier molecular flexibility index (Phi) is 5.63. The van der Waals surface area contributed by atoms with Crippen molar-refractivity contribution in [2.75, 3.05) is 18.4 Å². The Balaban J connectivity index is 0.00000210. The van der Waals surface area contributed by atoms with Crippen molar-refractivity contribution in [3.8, 4) is 0 Å². The molecular weight excluding hydrogens is 378 g/mol. The predicted molar refractivity (Wildman–Crippen MR) is 116 cm³/mol. The molecule has 0 fully saturated rings. The summed E-state index contributed by atoms with van der Waals surface area (Å²) in [4.78, 5) is 20.5. The van der Waals surface area contributed by atoms with E-state index in [4.69, 9.17) is 0 Å². The molecule has 2 heterocycles. The Morgan fingerprint density at radius 1 is 1.11 bits per heavy atom. The Bertz CT molecular complexity index is 930. The Hall–Kier alpha value is -2.24. The lowest BCUT2D eigenvalue weighted by Gasteiger charge is -2.21. The number of nitrogens with one attached hydrogen (secondary N) is 1. The molecule has 2 aliphatic rings. The number of carbonyl (C=O) groups excluding carboxylic acids is 1. The van der Waals surface area contributed by atoms with Gasteiger partial charge in [-0.25, -0.2) is 0 Å². The van der Waals surface area contributed by atoms with Crippen LogP contribution in [0.5, 0.6) is 0 Å². The predicted octanol–water partition coefficient (Wildman–Crippen LogP) is 4.76. The van der Waals surface area contributed by atoms with Crippen LogP contribution in [0.3, 0.4) is 0 Å². The van der Waals surface area contributed by atoms with E-state index in [1.54, 1.807) is 0 Å². The third-order valence-corrected chi connectivity index (χ3v) is 5.75. The van der Waals surface area contributed by atoms with Crippen LogP contribution in [0.1, 0.15) is 22.3 Å². The van der Waals surface area contributed by atoms with Crippen LogP contribution in [-0.2, 0) is 4.79 Å². The van der Waals surface area contributed by atoms with E-state index in [-0.39, 0.29) is 18.3 Å². The van der Waals surface area contributed by atoms with Gasteiger partial charge in [-0.1, -0.05) is 35.9 Å². The fraction of sp³-hybridized carbons (Fsp3) is 0.238. The number of amides is 1. The third-order valence-electron chi connectivity index (χ3n) is 4.63. The summed E-state index contributed by atoms with van der Waals surface area (Å²) in [5.74, 6) is -0.0762. The lowest BCUT2D eigenvalue weighted by atomic mass is 9.96. The van der Waals surface area contributed by atoms with Gasteiger partial charge >= 0.3 is 0 Å². The highest BCUT2D eigenvalue weighted by Crippen LogP contribution is 2.44. The fourth-order valence-corrected chi connectivity index (χ4v) is 4.73. The summed E-state index contributed by atoms with van der Waals surface area (Å²) in [5, 5.41) is 3.95. The summed E-state index contributed by atoms with van der Waals surface area (Å²) in [7, 11) is 0. The van der Waals surface area contributed by atoms with Gasteiger partial charge in [0, 0.05) is 17.8 Å². The zero-order valence-corrected chi connectivity index (χ0v) is 17.2. The first-order chi connectivity index (χ1) is 12.5. The molecule has 0 saturated carbocycles. The number of anilines is 1. The standard InChI is InChI=1S/C21H21N3OS.ClH/c1-13-11-14(2)17(15(3)12-13)18-19(26-21-22-9-10-24(18)21)20(25)23-16-7-5-4-6-8-16;/h4-8,11-12H,9-10H2,1-3H3,(H,23,25);1H.